The third-order valence-electron chi connectivity index (χ3n) is 7.48. The average Bonchev–Trinajstić information content (AvgIpc) is 3.58. The number of nitrogens with one attached hydrogen (secondary N) is 1. The molecule has 9 heteroatoms. The minimum absolute atomic E-state index is 0.0121. The van der Waals surface area contributed by atoms with Crippen molar-refractivity contribution in [3.05, 3.63) is 42.0 Å². The molecular weight excluding hydrogens is 462 g/mol. The average molecular weight is 494 g/mol. The van der Waals surface area contributed by atoms with Gasteiger partial charge in [-0.2, -0.15) is 0 Å². The number of benzene rings is 2. The monoisotopic (exact) mass is 493 g/mol. The Morgan fingerprint density at radius 1 is 0.833 bits per heavy atom. The van der Waals surface area contributed by atoms with E-state index >= 15 is 0 Å². The molecule has 2 aromatic carbocycles. The van der Waals surface area contributed by atoms with Crippen molar-refractivity contribution in [2.45, 2.75) is 31.7 Å². The second-order valence-corrected chi connectivity index (χ2v) is 9.76. The van der Waals surface area contributed by atoms with Crippen LogP contribution in [0.15, 0.2) is 36.4 Å². The van der Waals surface area contributed by atoms with E-state index in [1.807, 2.05) is 35.2 Å². The first-order valence-electron chi connectivity index (χ1n) is 12.8. The molecule has 0 radical (unpaired) electrons. The molecular formula is C27H31N3O6. The highest BCUT2D eigenvalue weighted by molar-refractivity contribution is 5.93. The highest BCUT2D eigenvalue weighted by atomic mass is 16.7. The lowest BCUT2D eigenvalue weighted by molar-refractivity contribution is -0.133. The first-order chi connectivity index (χ1) is 17.6. The molecule has 0 aromatic heterocycles. The summed E-state index contributed by atoms with van der Waals surface area (Å²) in [6.45, 7) is 3.94. The summed E-state index contributed by atoms with van der Waals surface area (Å²) in [5.41, 5.74) is 1.81. The molecule has 9 nitrogen and oxygen atoms in total. The highest BCUT2D eigenvalue weighted by Crippen LogP contribution is 2.38. The van der Waals surface area contributed by atoms with Crippen molar-refractivity contribution in [2.75, 3.05) is 51.5 Å². The summed E-state index contributed by atoms with van der Waals surface area (Å²) in [7, 11) is 0. The molecule has 6 rings (SSSR count). The van der Waals surface area contributed by atoms with Gasteiger partial charge in [0.25, 0.3) is 0 Å². The van der Waals surface area contributed by atoms with Gasteiger partial charge in [0.05, 0.1) is 12.6 Å². The lowest BCUT2D eigenvalue weighted by Gasteiger charge is -2.33. The second-order valence-electron chi connectivity index (χ2n) is 9.76. The first kappa shape index (κ1) is 23.0. The molecule has 4 aliphatic heterocycles. The van der Waals surface area contributed by atoms with Gasteiger partial charge in [-0.3, -0.25) is 14.5 Å². The highest BCUT2D eigenvalue weighted by Gasteiger charge is 2.33. The van der Waals surface area contributed by atoms with Crippen LogP contribution in [0.4, 0.5) is 5.69 Å². The number of ether oxygens (including phenoxy) is 4. The van der Waals surface area contributed by atoms with Crippen LogP contribution in [0.1, 0.15) is 37.3 Å². The number of hydrogen-bond acceptors (Lipinski definition) is 7. The van der Waals surface area contributed by atoms with Crippen LogP contribution in [0.5, 0.6) is 23.0 Å². The van der Waals surface area contributed by atoms with Crippen LogP contribution in [-0.4, -0.2) is 67.8 Å². The Bertz CT molecular complexity index is 1150. The number of fused-ring (bicyclic) bond motifs is 2. The molecule has 2 fully saturated rings. The maximum Gasteiger partial charge on any atom is 0.237 e. The topological polar surface area (TPSA) is 89.6 Å². The molecule has 0 aliphatic carbocycles. The van der Waals surface area contributed by atoms with E-state index < -0.39 is 0 Å². The number of rotatable bonds is 5. The summed E-state index contributed by atoms with van der Waals surface area (Å²) in [5.74, 6) is 2.97. The van der Waals surface area contributed by atoms with E-state index in [0.717, 1.165) is 62.4 Å². The summed E-state index contributed by atoms with van der Waals surface area (Å²) in [6, 6.07) is 11.5. The number of carbonyl (C=O) groups is 2. The first-order valence-corrected chi connectivity index (χ1v) is 12.8. The Kier molecular flexibility index (Phi) is 6.31. The molecule has 2 saturated heterocycles. The van der Waals surface area contributed by atoms with Crippen LogP contribution in [0.25, 0.3) is 0 Å². The Balaban J connectivity index is 1.01. The lowest BCUT2D eigenvalue weighted by Crippen LogP contribution is -2.44. The van der Waals surface area contributed by atoms with E-state index in [1.54, 1.807) is 6.07 Å². The Morgan fingerprint density at radius 3 is 2.42 bits per heavy atom. The molecule has 2 amide bonds. The lowest BCUT2D eigenvalue weighted by atomic mass is 9.95. The van der Waals surface area contributed by atoms with Crippen LogP contribution in [0.2, 0.25) is 0 Å². The van der Waals surface area contributed by atoms with Crippen LogP contribution in [0, 0.1) is 5.92 Å². The van der Waals surface area contributed by atoms with E-state index in [9.17, 15) is 9.59 Å². The number of amides is 2. The molecule has 190 valence electrons. The minimum Gasteiger partial charge on any atom is -0.486 e. The zero-order chi connectivity index (χ0) is 24.5. The number of carbonyl (C=O) groups excluding carboxylic acids is 2. The molecule has 36 heavy (non-hydrogen) atoms. The maximum absolute atomic E-state index is 13.3. The van der Waals surface area contributed by atoms with E-state index in [0.29, 0.717) is 36.9 Å². The third-order valence-corrected chi connectivity index (χ3v) is 7.48. The molecule has 1 atom stereocenters. The summed E-state index contributed by atoms with van der Waals surface area (Å²) < 4.78 is 22.1. The van der Waals surface area contributed by atoms with E-state index in [4.69, 9.17) is 18.9 Å². The third kappa shape index (κ3) is 4.67. The molecule has 2 aromatic rings. The van der Waals surface area contributed by atoms with Gasteiger partial charge in [-0.25, -0.2) is 0 Å². The van der Waals surface area contributed by atoms with Crippen molar-refractivity contribution in [3.8, 4) is 23.0 Å². The predicted molar refractivity (Wildman–Crippen MR) is 131 cm³/mol. The molecule has 0 spiro atoms. The SMILES string of the molecule is O=C(Nc1ccc2c(c1)OCO2)C1CCN(CC(=O)N2CCC[C@@H]2c2ccc3c(c2)OCCO3)CC1. The standard InChI is InChI=1S/C27H31N3O6/c31-26(30-9-1-2-21(30)19-3-5-22-24(14-19)34-13-12-33-22)16-29-10-7-18(8-11-29)27(32)28-20-4-6-23-25(15-20)36-17-35-23/h3-6,14-15,18,21H,1-2,7-13,16-17H2,(H,28,32)/t21-/m1/s1. The van der Waals surface area contributed by atoms with E-state index in [1.165, 1.54) is 0 Å². The van der Waals surface area contributed by atoms with Crippen molar-refractivity contribution in [1.29, 1.82) is 0 Å². The van der Waals surface area contributed by atoms with Crippen LogP contribution in [-0.2, 0) is 9.59 Å². The Labute approximate surface area is 210 Å². The van der Waals surface area contributed by atoms with Gasteiger partial charge in [0.2, 0.25) is 18.6 Å². The minimum atomic E-state index is -0.0703. The predicted octanol–water partition coefficient (Wildman–Crippen LogP) is 3.20. The van der Waals surface area contributed by atoms with E-state index in [2.05, 4.69) is 10.2 Å². The van der Waals surface area contributed by atoms with Crippen LogP contribution >= 0.6 is 0 Å². The molecule has 1 N–H and O–H groups in total. The van der Waals surface area contributed by atoms with Gasteiger partial charge in [0.15, 0.2) is 23.0 Å². The fraction of sp³-hybridized carbons (Fsp3) is 0.481. The fourth-order valence-corrected chi connectivity index (χ4v) is 5.53. The molecule has 4 aliphatic rings. The maximum atomic E-state index is 13.3. The number of anilines is 1. The van der Waals surface area contributed by atoms with Gasteiger partial charge < -0.3 is 29.2 Å². The zero-order valence-electron chi connectivity index (χ0n) is 20.2. The van der Waals surface area contributed by atoms with Crippen LogP contribution < -0.4 is 24.3 Å². The summed E-state index contributed by atoms with van der Waals surface area (Å²) >= 11 is 0. The zero-order valence-corrected chi connectivity index (χ0v) is 20.2. The van der Waals surface area contributed by atoms with Crippen molar-refractivity contribution >= 4 is 17.5 Å². The number of nitrogens with zero attached hydrogens (tertiary/aromatic N) is 2. The molecule has 0 unspecified atom stereocenters. The second kappa shape index (κ2) is 9.89. The largest absolute Gasteiger partial charge is 0.486 e. The Morgan fingerprint density at radius 2 is 1.56 bits per heavy atom. The molecule has 0 saturated carbocycles. The van der Waals surface area contributed by atoms with Crippen molar-refractivity contribution < 1.29 is 28.5 Å². The van der Waals surface area contributed by atoms with Gasteiger partial charge in [0, 0.05) is 24.2 Å². The number of likely N-dealkylation sites (tertiary alicyclic amines) is 2. The molecule has 0 bridgehead atoms. The van der Waals surface area contributed by atoms with Gasteiger partial charge in [-0.05, 0) is 68.6 Å². The van der Waals surface area contributed by atoms with Gasteiger partial charge in [0.1, 0.15) is 13.2 Å². The summed E-state index contributed by atoms with van der Waals surface area (Å²) in [4.78, 5) is 30.3. The van der Waals surface area contributed by atoms with Crippen LogP contribution in [0.3, 0.4) is 0 Å². The molecule has 4 heterocycles. The van der Waals surface area contributed by atoms with E-state index in [-0.39, 0.29) is 30.6 Å². The smallest absolute Gasteiger partial charge is 0.237 e. The van der Waals surface area contributed by atoms with Crippen molar-refractivity contribution in [3.63, 3.8) is 0 Å². The normalized spacial score (nSPS) is 21.4. The fourth-order valence-electron chi connectivity index (χ4n) is 5.53. The van der Waals surface area contributed by atoms with Crippen molar-refractivity contribution in [1.82, 2.24) is 9.80 Å². The van der Waals surface area contributed by atoms with Gasteiger partial charge in [-0.15, -0.1) is 0 Å². The van der Waals surface area contributed by atoms with Gasteiger partial charge in [-0.1, -0.05) is 6.07 Å². The number of hydrogen-bond donors (Lipinski definition) is 1. The summed E-state index contributed by atoms with van der Waals surface area (Å²) in [5, 5.41) is 3.00. The quantitative estimate of drug-likeness (QED) is 0.684. The summed E-state index contributed by atoms with van der Waals surface area (Å²) in [6.07, 6.45) is 3.41. The van der Waals surface area contributed by atoms with Gasteiger partial charge >= 0.3 is 0 Å². The van der Waals surface area contributed by atoms with Crippen molar-refractivity contribution in [2.24, 2.45) is 5.92 Å². The Hall–Kier alpha value is -3.46. The number of piperidine rings is 1.